The second-order valence-electron chi connectivity index (χ2n) is 6.79. The molecular formula is C17H23F2N4O4P. The summed E-state index contributed by atoms with van der Waals surface area (Å²) in [6.07, 6.45) is 1.71. The van der Waals surface area contributed by atoms with Crippen molar-refractivity contribution < 1.29 is 23.3 Å². The molecule has 1 aliphatic rings. The lowest BCUT2D eigenvalue weighted by atomic mass is 9.94. The molecule has 1 saturated heterocycles. The first-order chi connectivity index (χ1) is 13.4. The largest absolute Gasteiger partial charge is 0.480 e. The second-order valence-corrected chi connectivity index (χ2v) is 7.98. The summed E-state index contributed by atoms with van der Waals surface area (Å²) in [6.45, 7) is 0.713. The van der Waals surface area contributed by atoms with Crippen LogP contribution in [0.25, 0.3) is 10.8 Å². The standard InChI is InChI=1S/C17H23F2N4O4P/c1-27-16-15-12(9-20-23(17(15)24)10-13(18)19)8-14(21-16)22-5-2-11(3-6-22)4-7-28(25)26/h8-9,11,13,25-26H,2-7,10H2,1H3. The summed E-state index contributed by atoms with van der Waals surface area (Å²) in [7, 11) is -0.460. The highest BCUT2D eigenvalue weighted by Crippen LogP contribution is 2.32. The van der Waals surface area contributed by atoms with Crippen molar-refractivity contribution in [3.05, 3.63) is 22.6 Å². The number of hydrogen-bond donors (Lipinski definition) is 2. The van der Waals surface area contributed by atoms with Crippen LogP contribution >= 0.6 is 8.38 Å². The summed E-state index contributed by atoms with van der Waals surface area (Å²) in [4.78, 5) is 37.1. The van der Waals surface area contributed by atoms with Gasteiger partial charge in [-0.1, -0.05) is 0 Å². The minimum absolute atomic E-state index is 0.0937. The third kappa shape index (κ3) is 4.74. The van der Waals surface area contributed by atoms with Gasteiger partial charge in [0.1, 0.15) is 17.7 Å². The topological polar surface area (TPSA) is 101 Å². The predicted octanol–water partition coefficient (Wildman–Crippen LogP) is 1.97. The second kappa shape index (κ2) is 9.07. The Morgan fingerprint density at radius 2 is 2.07 bits per heavy atom. The van der Waals surface area contributed by atoms with Crippen LogP contribution in [-0.4, -0.2) is 57.3 Å². The SMILES string of the molecule is COc1nc(N2CCC(CCP(O)O)CC2)cc2cnn(CC(F)F)c(=O)c12. The predicted molar refractivity (Wildman–Crippen MR) is 102 cm³/mol. The third-order valence-electron chi connectivity index (χ3n) is 4.97. The average molecular weight is 416 g/mol. The van der Waals surface area contributed by atoms with Crippen LogP contribution in [0.2, 0.25) is 0 Å². The highest BCUT2D eigenvalue weighted by Gasteiger charge is 2.23. The third-order valence-corrected chi connectivity index (χ3v) is 5.63. The van der Waals surface area contributed by atoms with E-state index in [1.165, 1.54) is 13.3 Å². The van der Waals surface area contributed by atoms with Gasteiger partial charge in [-0.15, -0.1) is 0 Å². The van der Waals surface area contributed by atoms with E-state index in [2.05, 4.69) is 15.0 Å². The molecule has 0 spiro atoms. The van der Waals surface area contributed by atoms with Gasteiger partial charge in [0.15, 0.2) is 8.38 Å². The molecule has 0 aromatic carbocycles. The molecule has 1 fully saturated rings. The molecule has 0 atom stereocenters. The number of anilines is 1. The van der Waals surface area contributed by atoms with Crippen LogP contribution in [0.1, 0.15) is 19.3 Å². The molecule has 0 radical (unpaired) electrons. The Kier molecular flexibility index (Phi) is 6.74. The molecule has 2 aromatic heterocycles. The lowest BCUT2D eigenvalue weighted by molar-refractivity contribution is 0.120. The quantitative estimate of drug-likeness (QED) is 0.666. The summed E-state index contributed by atoms with van der Waals surface area (Å²) in [5.74, 6) is 1.17. The van der Waals surface area contributed by atoms with Crippen LogP contribution in [0.4, 0.5) is 14.6 Å². The number of aromatic nitrogens is 3. The average Bonchev–Trinajstić information content (AvgIpc) is 2.67. The monoisotopic (exact) mass is 416 g/mol. The zero-order valence-corrected chi connectivity index (χ0v) is 16.4. The van der Waals surface area contributed by atoms with E-state index in [1.807, 2.05) is 0 Å². The van der Waals surface area contributed by atoms with E-state index < -0.39 is 26.9 Å². The number of rotatable bonds is 7. The van der Waals surface area contributed by atoms with Gasteiger partial charge in [-0.05, 0) is 31.2 Å². The molecule has 8 nitrogen and oxygen atoms in total. The molecule has 154 valence electrons. The first-order valence-corrected chi connectivity index (χ1v) is 10.5. The summed E-state index contributed by atoms with van der Waals surface area (Å²) in [5.41, 5.74) is -0.656. The smallest absolute Gasteiger partial charge is 0.280 e. The van der Waals surface area contributed by atoms with Gasteiger partial charge in [0.25, 0.3) is 12.0 Å². The maximum Gasteiger partial charge on any atom is 0.280 e. The fourth-order valence-electron chi connectivity index (χ4n) is 3.48. The van der Waals surface area contributed by atoms with Crippen molar-refractivity contribution in [2.24, 2.45) is 5.92 Å². The van der Waals surface area contributed by atoms with Crippen molar-refractivity contribution >= 4 is 25.0 Å². The van der Waals surface area contributed by atoms with Crippen LogP contribution in [0.3, 0.4) is 0 Å². The summed E-state index contributed by atoms with van der Waals surface area (Å²) in [6, 6.07) is 1.72. The van der Waals surface area contributed by atoms with Crippen LogP contribution in [0, 0.1) is 5.92 Å². The Balaban J connectivity index is 1.83. The zero-order chi connectivity index (χ0) is 20.3. The van der Waals surface area contributed by atoms with Crippen molar-refractivity contribution in [2.75, 3.05) is 31.3 Å². The summed E-state index contributed by atoms with van der Waals surface area (Å²) >= 11 is 0. The van der Waals surface area contributed by atoms with Crippen LogP contribution in [0.5, 0.6) is 5.88 Å². The van der Waals surface area contributed by atoms with E-state index in [9.17, 15) is 13.6 Å². The number of pyridine rings is 1. The first kappa shape index (κ1) is 20.8. The maximum atomic E-state index is 12.6. The van der Waals surface area contributed by atoms with Gasteiger partial charge in [-0.2, -0.15) is 10.1 Å². The number of hydrogen-bond acceptors (Lipinski definition) is 7. The number of methoxy groups -OCH3 is 1. The lowest BCUT2D eigenvalue weighted by Gasteiger charge is -2.33. The highest BCUT2D eigenvalue weighted by atomic mass is 31.2. The normalized spacial score (nSPS) is 15.8. The number of piperidine rings is 1. The van der Waals surface area contributed by atoms with Gasteiger partial charge in [0.2, 0.25) is 5.88 Å². The minimum Gasteiger partial charge on any atom is -0.480 e. The number of nitrogens with zero attached hydrogens (tertiary/aromatic N) is 4. The number of ether oxygens (including phenoxy) is 1. The van der Waals surface area contributed by atoms with Gasteiger partial charge in [0.05, 0.1) is 13.3 Å². The Hall–Kier alpha value is -1.90. The van der Waals surface area contributed by atoms with E-state index in [0.717, 1.165) is 37.0 Å². The van der Waals surface area contributed by atoms with Crippen LogP contribution in [-0.2, 0) is 6.54 Å². The summed E-state index contributed by atoms with van der Waals surface area (Å²) in [5, 5.41) is 4.46. The number of alkyl halides is 2. The Labute approximate surface area is 161 Å². The molecule has 0 amide bonds. The van der Waals surface area contributed by atoms with Crippen molar-refractivity contribution in [3.63, 3.8) is 0 Å². The molecule has 0 saturated carbocycles. The minimum atomic E-state index is -2.68. The molecule has 0 unspecified atom stereocenters. The number of halogens is 2. The molecule has 3 heterocycles. The maximum absolute atomic E-state index is 12.6. The molecule has 11 heteroatoms. The van der Waals surface area contributed by atoms with Crippen molar-refractivity contribution in [2.45, 2.75) is 32.2 Å². The molecular weight excluding hydrogens is 393 g/mol. The van der Waals surface area contributed by atoms with E-state index >= 15 is 0 Å². The first-order valence-electron chi connectivity index (χ1n) is 9.02. The lowest BCUT2D eigenvalue weighted by Crippen LogP contribution is -2.34. The van der Waals surface area contributed by atoms with E-state index in [1.54, 1.807) is 6.07 Å². The molecule has 0 bridgehead atoms. The molecule has 1 aliphatic heterocycles. The fraction of sp³-hybridized carbons (Fsp3) is 0.588. The Bertz CT molecular complexity index is 872. The fourth-order valence-corrected chi connectivity index (χ4v) is 4.07. The van der Waals surface area contributed by atoms with Crippen LogP contribution in [0.15, 0.2) is 17.1 Å². The van der Waals surface area contributed by atoms with E-state index in [0.29, 0.717) is 23.3 Å². The van der Waals surface area contributed by atoms with Gasteiger partial charge in [0, 0.05) is 24.6 Å². The molecule has 0 aliphatic carbocycles. The number of fused-ring (bicyclic) bond motifs is 1. The van der Waals surface area contributed by atoms with E-state index in [-0.39, 0.29) is 11.3 Å². The van der Waals surface area contributed by atoms with Crippen molar-refractivity contribution in [1.82, 2.24) is 14.8 Å². The summed E-state index contributed by atoms with van der Waals surface area (Å²) < 4.78 is 31.3. The molecule has 2 N–H and O–H groups in total. The Morgan fingerprint density at radius 1 is 1.36 bits per heavy atom. The van der Waals surface area contributed by atoms with Gasteiger partial charge in [-0.25, -0.2) is 13.5 Å². The van der Waals surface area contributed by atoms with Gasteiger partial charge >= 0.3 is 0 Å². The van der Waals surface area contributed by atoms with E-state index in [4.69, 9.17) is 14.5 Å². The Morgan fingerprint density at radius 3 is 2.68 bits per heavy atom. The zero-order valence-electron chi connectivity index (χ0n) is 15.5. The molecule has 2 aromatic rings. The van der Waals surface area contributed by atoms with Crippen LogP contribution < -0.4 is 15.2 Å². The molecule has 3 rings (SSSR count). The van der Waals surface area contributed by atoms with Crippen molar-refractivity contribution in [1.29, 1.82) is 0 Å². The molecule has 28 heavy (non-hydrogen) atoms. The highest BCUT2D eigenvalue weighted by molar-refractivity contribution is 7.45. The van der Waals surface area contributed by atoms with Gasteiger partial charge < -0.3 is 19.4 Å². The van der Waals surface area contributed by atoms with Crippen molar-refractivity contribution in [3.8, 4) is 5.88 Å². The van der Waals surface area contributed by atoms with Gasteiger partial charge in [-0.3, -0.25) is 4.79 Å².